The van der Waals surface area contributed by atoms with Crippen LogP contribution in [0.3, 0.4) is 0 Å². The Morgan fingerprint density at radius 3 is 2.52 bits per heavy atom. The summed E-state index contributed by atoms with van der Waals surface area (Å²) >= 11 is 0. The van der Waals surface area contributed by atoms with Crippen LogP contribution in [0.1, 0.15) is 22.8 Å². The zero-order valence-electron chi connectivity index (χ0n) is 15.3. The first-order valence-electron chi connectivity index (χ1n) is 8.24. The minimum Gasteiger partial charge on any atom is -0.493 e. The maximum Gasteiger partial charge on any atom is 0.255 e. The van der Waals surface area contributed by atoms with Crippen LogP contribution in [-0.4, -0.2) is 32.1 Å². The number of halogens is 1. The van der Waals surface area contributed by atoms with E-state index in [0.29, 0.717) is 23.6 Å². The minimum atomic E-state index is -0.592. The van der Waals surface area contributed by atoms with Crippen molar-refractivity contribution in [3.63, 3.8) is 0 Å². The number of carbonyl (C=O) groups excluding carboxylic acids is 2. The lowest BCUT2D eigenvalue weighted by Crippen LogP contribution is -2.20. The fraction of sp³-hybridized carbons (Fsp3) is 0.263. The zero-order chi connectivity index (χ0) is 18.9. The summed E-state index contributed by atoms with van der Waals surface area (Å²) in [6.45, 7) is 3.26. The number of anilines is 1. The van der Waals surface area contributed by atoms with Crippen molar-refractivity contribution in [1.29, 1.82) is 0 Å². The van der Waals surface area contributed by atoms with E-state index in [-0.39, 0.29) is 24.9 Å². The third-order valence-corrected chi connectivity index (χ3v) is 3.63. The molecule has 146 valence electrons. The average Bonchev–Trinajstić information content (AvgIpc) is 2.65. The molecule has 2 rings (SSSR count). The van der Waals surface area contributed by atoms with Gasteiger partial charge in [-0.3, -0.25) is 9.59 Å². The van der Waals surface area contributed by atoms with E-state index in [2.05, 4.69) is 10.6 Å². The minimum absolute atomic E-state index is 0. The van der Waals surface area contributed by atoms with Gasteiger partial charge in [0.15, 0.2) is 18.1 Å². The van der Waals surface area contributed by atoms with Gasteiger partial charge in [-0.1, -0.05) is 25.1 Å². The van der Waals surface area contributed by atoms with E-state index in [1.807, 2.05) is 31.2 Å². The van der Waals surface area contributed by atoms with Crippen LogP contribution < -0.4 is 25.8 Å². The molecule has 0 radical (unpaired) electrons. The Morgan fingerprint density at radius 1 is 1.11 bits per heavy atom. The molecule has 0 atom stereocenters. The number of carbonyl (C=O) groups is 2. The first-order valence-corrected chi connectivity index (χ1v) is 8.24. The fourth-order valence-corrected chi connectivity index (χ4v) is 2.33. The van der Waals surface area contributed by atoms with Crippen LogP contribution in [0.15, 0.2) is 42.5 Å². The number of primary amides is 1. The first kappa shape index (κ1) is 22.3. The van der Waals surface area contributed by atoms with Crippen LogP contribution in [0.2, 0.25) is 0 Å². The molecule has 0 saturated heterocycles. The summed E-state index contributed by atoms with van der Waals surface area (Å²) in [7, 11) is 1.46. The van der Waals surface area contributed by atoms with Crippen molar-refractivity contribution in [2.24, 2.45) is 5.73 Å². The highest BCUT2D eigenvalue weighted by Gasteiger charge is 2.13. The molecule has 0 saturated carbocycles. The van der Waals surface area contributed by atoms with Crippen LogP contribution in [0.4, 0.5) is 5.69 Å². The quantitative estimate of drug-likeness (QED) is 0.606. The lowest BCUT2D eigenvalue weighted by Gasteiger charge is -2.13. The molecule has 2 aromatic carbocycles. The average molecular weight is 394 g/mol. The van der Waals surface area contributed by atoms with Crippen LogP contribution in [0.25, 0.3) is 0 Å². The molecule has 0 bridgehead atoms. The Balaban J connectivity index is 0.00000364. The standard InChI is InChI=1S/C19H23N3O4.ClH/c1-3-21-11-14-6-4-5-7-15(14)22-19(24)13-8-9-16(17(10-13)25-2)26-12-18(20)23;/h4-10,21H,3,11-12H2,1-2H3,(H2,20,23)(H,22,24);1H. The van der Waals surface area contributed by atoms with E-state index in [1.165, 1.54) is 7.11 Å². The van der Waals surface area contributed by atoms with Gasteiger partial charge < -0.3 is 25.8 Å². The molecule has 0 aliphatic heterocycles. The monoisotopic (exact) mass is 393 g/mol. The topological polar surface area (TPSA) is 103 Å². The second-order valence-electron chi connectivity index (χ2n) is 5.51. The molecule has 0 aromatic heterocycles. The second-order valence-corrected chi connectivity index (χ2v) is 5.51. The molecule has 0 spiro atoms. The first-order chi connectivity index (χ1) is 12.5. The summed E-state index contributed by atoms with van der Waals surface area (Å²) in [6, 6.07) is 12.3. The molecular formula is C19H24ClN3O4. The number of ether oxygens (including phenoxy) is 2. The normalized spacial score (nSPS) is 9.85. The van der Waals surface area contributed by atoms with E-state index in [1.54, 1.807) is 18.2 Å². The van der Waals surface area contributed by atoms with Crippen LogP contribution in [0, 0.1) is 0 Å². The van der Waals surface area contributed by atoms with Gasteiger partial charge in [0.05, 0.1) is 7.11 Å². The van der Waals surface area contributed by atoms with Crippen LogP contribution in [-0.2, 0) is 11.3 Å². The van der Waals surface area contributed by atoms with Crippen LogP contribution in [0.5, 0.6) is 11.5 Å². The number of amides is 2. The summed E-state index contributed by atoms with van der Waals surface area (Å²) in [5.74, 6) is -0.171. The van der Waals surface area contributed by atoms with Crippen molar-refractivity contribution < 1.29 is 19.1 Å². The number of nitrogens with one attached hydrogen (secondary N) is 2. The van der Waals surface area contributed by atoms with Crippen LogP contribution >= 0.6 is 12.4 Å². The van der Waals surface area contributed by atoms with Gasteiger partial charge >= 0.3 is 0 Å². The molecule has 2 aromatic rings. The van der Waals surface area contributed by atoms with Crippen molar-refractivity contribution in [3.05, 3.63) is 53.6 Å². The summed E-state index contributed by atoms with van der Waals surface area (Å²) in [5, 5.41) is 6.15. The molecule has 0 aliphatic rings. The van der Waals surface area contributed by atoms with Crippen molar-refractivity contribution in [1.82, 2.24) is 5.32 Å². The number of rotatable bonds is 9. The van der Waals surface area contributed by atoms with Gasteiger partial charge in [0, 0.05) is 17.8 Å². The number of hydrogen-bond donors (Lipinski definition) is 3. The number of nitrogens with two attached hydrogens (primary N) is 1. The Hall–Kier alpha value is -2.77. The maximum absolute atomic E-state index is 12.6. The van der Waals surface area contributed by atoms with E-state index >= 15 is 0 Å². The third-order valence-electron chi connectivity index (χ3n) is 3.63. The van der Waals surface area contributed by atoms with E-state index in [0.717, 1.165) is 17.8 Å². The lowest BCUT2D eigenvalue weighted by atomic mass is 10.1. The van der Waals surface area contributed by atoms with Crippen molar-refractivity contribution in [3.8, 4) is 11.5 Å². The van der Waals surface area contributed by atoms with Crippen molar-refractivity contribution in [2.75, 3.05) is 25.6 Å². The molecule has 0 aliphatic carbocycles. The highest BCUT2D eigenvalue weighted by molar-refractivity contribution is 6.05. The highest BCUT2D eigenvalue weighted by Crippen LogP contribution is 2.28. The maximum atomic E-state index is 12.6. The molecule has 4 N–H and O–H groups in total. The fourth-order valence-electron chi connectivity index (χ4n) is 2.33. The van der Waals surface area contributed by atoms with Gasteiger partial charge in [-0.25, -0.2) is 0 Å². The predicted octanol–water partition coefficient (Wildman–Crippen LogP) is 2.34. The van der Waals surface area contributed by atoms with Gasteiger partial charge in [0.25, 0.3) is 11.8 Å². The molecule has 0 heterocycles. The Bertz CT molecular complexity index is 783. The third kappa shape index (κ3) is 6.47. The predicted molar refractivity (Wildman–Crippen MR) is 107 cm³/mol. The van der Waals surface area contributed by atoms with Gasteiger partial charge in [0.1, 0.15) is 0 Å². The van der Waals surface area contributed by atoms with E-state index < -0.39 is 5.91 Å². The zero-order valence-corrected chi connectivity index (χ0v) is 16.1. The number of benzene rings is 2. The largest absolute Gasteiger partial charge is 0.493 e. The molecule has 27 heavy (non-hydrogen) atoms. The van der Waals surface area contributed by atoms with Crippen molar-refractivity contribution >= 4 is 29.9 Å². The second kappa shape index (κ2) is 11.1. The van der Waals surface area contributed by atoms with Gasteiger partial charge in [-0.05, 0) is 36.4 Å². The Labute approximate surface area is 164 Å². The molecule has 2 amide bonds. The van der Waals surface area contributed by atoms with Gasteiger partial charge in [-0.2, -0.15) is 0 Å². The van der Waals surface area contributed by atoms with Gasteiger partial charge in [-0.15, -0.1) is 12.4 Å². The number of methoxy groups -OCH3 is 1. The summed E-state index contributed by atoms with van der Waals surface area (Å²) in [4.78, 5) is 23.4. The molecule has 8 heteroatoms. The van der Waals surface area contributed by atoms with E-state index in [4.69, 9.17) is 15.2 Å². The Morgan fingerprint density at radius 2 is 1.85 bits per heavy atom. The smallest absolute Gasteiger partial charge is 0.255 e. The Kier molecular flexibility index (Phi) is 9.12. The summed E-state index contributed by atoms with van der Waals surface area (Å²) < 4.78 is 10.5. The molecule has 0 unspecified atom stereocenters. The van der Waals surface area contributed by atoms with Crippen molar-refractivity contribution in [2.45, 2.75) is 13.5 Å². The van der Waals surface area contributed by atoms with E-state index in [9.17, 15) is 9.59 Å². The molecule has 7 nitrogen and oxygen atoms in total. The summed E-state index contributed by atoms with van der Waals surface area (Å²) in [5.41, 5.74) is 7.22. The number of para-hydroxylation sites is 1. The number of hydrogen-bond acceptors (Lipinski definition) is 5. The highest BCUT2D eigenvalue weighted by atomic mass is 35.5. The molecule has 0 fully saturated rings. The molecular weight excluding hydrogens is 370 g/mol. The van der Waals surface area contributed by atoms with Gasteiger partial charge in [0.2, 0.25) is 0 Å². The SMILES string of the molecule is CCNCc1ccccc1NC(=O)c1ccc(OCC(N)=O)c(OC)c1.Cl. The lowest BCUT2D eigenvalue weighted by molar-refractivity contribution is -0.119. The summed E-state index contributed by atoms with van der Waals surface area (Å²) in [6.07, 6.45) is 0.